The quantitative estimate of drug-likeness (QED) is 0.825. The van der Waals surface area contributed by atoms with Crippen molar-refractivity contribution in [1.82, 2.24) is 4.98 Å². The van der Waals surface area contributed by atoms with Crippen LogP contribution in [-0.4, -0.2) is 12.1 Å². The molecule has 1 heterocycles. The van der Waals surface area contributed by atoms with E-state index in [9.17, 15) is 0 Å². The Kier molecular flexibility index (Phi) is 4.23. The van der Waals surface area contributed by atoms with Gasteiger partial charge in [-0.15, -0.1) is 12.4 Å². The van der Waals surface area contributed by atoms with Crippen LogP contribution in [0.4, 0.5) is 0 Å². The Balaban J connectivity index is 0.00000133. The molecule has 0 amide bonds. The summed E-state index contributed by atoms with van der Waals surface area (Å²) in [5.41, 5.74) is 5.35. The van der Waals surface area contributed by atoms with E-state index in [-0.39, 0.29) is 12.4 Å². The summed E-state index contributed by atoms with van der Waals surface area (Å²) >= 11 is 0. The topological polar surface area (TPSA) is 22.1 Å². The molecule has 0 N–H and O–H groups in total. The molecule has 0 aliphatic heterocycles. The summed E-state index contributed by atoms with van der Waals surface area (Å²) in [6, 6.07) is 10.4. The number of hydrogen-bond donors (Lipinski definition) is 0. The Labute approximate surface area is 119 Å². The minimum atomic E-state index is 0. The molecule has 0 saturated carbocycles. The number of nitrogens with zero attached hydrogens (tertiary/aromatic N) is 1. The maximum atomic E-state index is 5.27. The molecule has 3 rings (SSSR count). The number of benzene rings is 1. The summed E-state index contributed by atoms with van der Waals surface area (Å²) in [5, 5.41) is 0. The Morgan fingerprint density at radius 2 is 1.89 bits per heavy atom. The molecule has 1 aromatic heterocycles. The average molecular weight is 274 g/mol. The van der Waals surface area contributed by atoms with Gasteiger partial charge in [-0.2, -0.15) is 0 Å². The van der Waals surface area contributed by atoms with Crippen LogP contribution in [0.5, 0.6) is 5.75 Å². The first-order valence-corrected chi connectivity index (χ1v) is 6.15. The first-order valence-electron chi connectivity index (χ1n) is 6.15. The van der Waals surface area contributed by atoms with E-state index in [0.29, 0.717) is 0 Å². The number of hydrogen-bond acceptors (Lipinski definition) is 2. The van der Waals surface area contributed by atoms with Crippen molar-refractivity contribution >= 4 is 24.1 Å². The Morgan fingerprint density at radius 3 is 2.63 bits per heavy atom. The van der Waals surface area contributed by atoms with Gasteiger partial charge in [0.05, 0.1) is 7.11 Å². The molecule has 1 aliphatic rings. The highest BCUT2D eigenvalue weighted by molar-refractivity contribution is 5.86. The van der Waals surface area contributed by atoms with Crippen molar-refractivity contribution < 1.29 is 4.74 Å². The largest absolute Gasteiger partial charge is 0.497 e. The third-order valence-electron chi connectivity index (χ3n) is 3.37. The van der Waals surface area contributed by atoms with E-state index in [0.717, 1.165) is 18.6 Å². The molecular weight excluding hydrogens is 258 g/mol. The van der Waals surface area contributed by atoms with Crippen molar-refractivity contribution in [2.45, 2.75) is 12.8 Å². The highest BCUT2D eigenvalue weighted by atomic mass is 35.5. The number of rotatable bonds is 2. The van der Waals surface area contributed by atoms with Gasteiger partial charge in [-0.05, 0) is 59.4 Å². The van der Waals surface area contributed by atoms with Crippen LogP contribution in [0.2, 0.25) is 0 Å². The van der Waals surface area contributed by atoms with Crippen LogP contribution in [0.1, 0.15) is 23.1 Å². The fraction of sp³-hybridized carbons (Fsp3) is 0.188. The summed E-state index contributed by atoms with van der Waals surface area (Å²) < 4.78 is 5.27. The fourth-order valence-corrected chi connectivity index (χ4v) is 2.43. The molecule has 0 bridgehead atoms. The van der Waals surface area contributed by atoms with Gasteiger partial charge < -0.3 is 4.74 Å². The van der Waals surface area contributed by atoms with Crippen LogP contribution >= 0.6 is 12.4 Å². The molecule has 1 aromatic carbocycles. The summed E-state index contributed by atoms with van der Waals surface area (Å²) in [6.07, 6.45) is 8.11. The van der Waals surface area contributed by atoms with Crippen molar-refractivity contribution in [2.24, 2.45) is 0 Å². The van der Waals surface area contributed by atoms with Gasteiger partial charge in [0.25, 0.3) is 0 Å². The van der Waals surface area contributed by atoms with Gasteiger partial charge in [0.2, 0.25) is 0 Å². The third kappa shape index (κ3) is 2.79. The molecule has 19 heavy (non-hydrogen) atoms. The zero-order valence-corrected chi connectivity index (χ0v) is 11.6. The highest BCUT2D eigenvalue weighted by Crippen LogP contribution is 2.35. The van der Waals surface area contributed by atoms with E-state index in [1.165, 1.54) is 22.3 Å². The highest BCUT2D eigenvalue weighted by Gasteiger charge is 2.16. The second-order valence-electron chi connectivity index (χ2n) is 4.47. The van der Waals surface area contributed by atoms with Gasteiger partial charge in [0.15, 0.2) is 0 Å². The van der Waals surface area contributed by atoms with Gasteiger partial charge in [0.1, 0.15) is 5.75 Å². The smallest absolute Gasteiger partial charge is 0.119 e. The van der Waals surface area contributed by atoms with E-state index in [2.05, 4.69) is 23.2 Å². The van der Waals surface area contributed by atoms with Crippen LogP contribution < -0.4 is 4.74 Å². The van der Waals surface area contributed by atoms with Crippen LogP contribution in [0.25, 0.3) is 11.6 Å². The number of pyridine rings is 1. The summed E-state index contributed by atoms with van der Waals surface area (Å²) in [5.74, 6) is 0.943. The van der Waals surface area contributed by atoms with Gasteiger partial charge in [-0.1, -0.05) is 12.1 Å². The molecule has 98 valence electrons. The lowest BCUT2D eigenvalue weighted by molar-refractivity contribution is 0.414. The number of fused-ring (bicyclic) bond motifs is 1. The van der Waals surface area contributed by atoms with Crippen LogP contribution in [-0.2, 0) is 6.42 Å². The van der Waals surface area contributed by atoms with E-state index in [1.54, 1.807) is 7.11 Å². The van der Waals surface area contributed by atoms with Crippen molar-refractivity contribution in [3.63, 3.8) is 0 Å². The van der Waals surface area contributed by atoms with Gasteiger partial charge in [-0.3, -0.25) is 4.98 Å². The van der Waals surface area contributed by atoms with Crippen molar-refractivity contribution in [1.29, 1.82) is 0 Å². The molecule has 1 aliphatic carbocycles. The SMILES string of the molecule is COc1ccc2c(c1)CC/C2=C/c1ccncc1.Cl. The van der Waals surface area contributed by atoms with Crippen molar-refractivity contribution in [2.75, 3.05) is 7.11 Å². The molecule has 0 saturated heterocycles. The first kappa shape index (κ1) is 13.6. The molecular formula is C16H16ClNO. The van der Waals surface area contributed by atoms with Crippen molar-refractivity contribution in [3.8, 4) is 5.75 Å². The normalized spacial score (nSPS) is 14.9. The number of aromatic nitrogens is 1. The monoisotopic (exact) mass is 273 g/mol. The molecule has 2 aromatic rings. The maximum Gasteiger partial charge on any atom is 0.119 e. The third-order valence-corrected chi connectivity index (χ3v) is 3.37. The van der Waals surface area contributed by atoms with E-state index < -0.39 is 0 Å². The Morgan fingerprint density at radius 1 is 1.11 bits per heavy atom. The van der Waals surface area contributed by atoms with Crippen LogP contribution in [0, 0.1) is 0 Å². The van der Waals surface area contributed by atoms with Crippen LogP contribution in [0.15, 0.2) is 42.7 Å². The lowest BCUT2D eigenvalue weighted by Gasteiger charge is -2.04. The van der Waals surface area contributed by atoms with E-state index in [1.807, 2.05) is 30.6 Å². The number of aryl methyl sites for hydroxylation is 1. The molecule has 0 spiro atoms. The standard InChI is InChI=1S/C16H15NO.ClH/c1-18-15-4-5-16-13(2-3-14(16)11-15)10-12-6-8-17-9-7-12;/h4-11H,2-3H2,1H3;1H/b13-10-;. The zero-order chi connectivity index (χ0) is 12.4. The number of halogens is 1. The van der Waals surface area contributed by atoms with Gasteiger partial charge in [0, 0.05) is 12.4 Å². The minimum Gasteiger partial charge on any atom is -0.497 e. The number of methoxy groups -OCH3 is 1. The predicted octanol–water partition coefficient (Wildman–Crippen LogP) is 4.00. The summed E-state index contributed by atoms with van der Waals surface area (Å²) in [4.78, 5) is 4.04. The average Bonchev–Trinajstić information content (AvgIpc) is 2.82. The fourth-order valence-electron chi connectivity index (χ4n) is 2.43. The zero-order valence-electron chi connectivity index (χ0n) is 10.8. The molecule has 0 atom stereocenters. The molecule has 0 unspecified atom stereocenters. The minimum absolute atomic E-state index is 0. The summed E-state index contributed by atoms with van der Waals surface area (Å²) in [6.45, 7) is 0. The van der Waals surface area contributed by atoms with E-state index in [4.69, 9.17) is 4.74 Å². The Bertz CT molecular complexity index is 593. The number of ether oxygens (including phenoxy) is 1. The second kappa shape index (κ2) is 5.89. The maximum absolute atomic E-state index is 5.27. The molecule has 0 radical (unpaired) electrons. The second-order valence-corrected chi connectivity index (χ2v) is 4.47. The lowest BCUT2D eigenvalue weighted by atomic mass is 10.0. The van der Waals surface area contributed by atoms with Gasteiger partial charge >= 0.3 is 0 Å². The molecule has 0 fully saturated rings. The molecule has 2 nitrogen and oxygen atoms in total. The van der Waals surface area contributed by atoms with Crippen molar-refractivity contribution in [3.05, 3.63) is 59.4 Å². The molecule has 3 heteroatoms. The Hall–Kier alpha value is -1.80. The van der Waals surface area contributed by atoms with Gasteiger partial charge in [-0.25, -0.2) is 0 Å². The number of allylic oxidation sites excluding steroid dienone is 1. The summed E-state index contributed by atoms with van der Waals surface area (Å²) in [7, 11) is 1.71. The first-order chi connectivity index (χ1) is 8.86. The predicted molar refractivity (Wildman–Crippen MR) is 80.7 cm³/mol. The van der Waals surface area contributed by atoms with Crippen LogP contribution in [0.3, 0.4) is 0 Å². The van der Waals surface area contributed by atoms with E-state index >= 15 is 0 Å². The lowest BCUT2D eigenvalue weighted by Crippen LogP contribution is -1.86.